The van der Waals surface area contributed by atoms with Gasteiger partial charge in [-0.3, -0.25) is 0 Å². The van der Waals surface area contributed by atoms with Crippen molar-refractivity contribution in [3.63, 3.8) is 0 Å². The number of hydrogen-bond donors (Lipinski definition) is 1. The fourth-order valence-electron chi connectivity index (χ4n) is 1.87. The van der Waals surface area contributed by atoms with Gasteiger partial charge < -0.3 is 5.32 Å². The van der Waals surface area contributed by atoms with Crippen molar-refractivity contribution in [2.45, 2.75) is 25.8 Å². The summed E-state index contributed by atoms with van der Waals surface area (Å²) in [4.78, 5) is 0. The topological polar surface area (TPSA) is 12.0 Å². The molecule has 0 aliphatic rings. The lowest BCUT2D eigenvalue weighted by Crippen LogP contribution is -2.14. The lowest BCUT2D eigenvalue weighted by Gasteiger charge is -2.03. The Morgan fingerprint density at radius 1 is 1.24 bits per heavy atom. The quantitative estimate of drug-likeness (QED) is 0.601. The molecule has 1 aromatic carbocycles. The third kappa shape index (κ3) is 3.33. The number of nitrogens with one attached hydrogen (secondary N) is 1. The van der Waals surface area contributed by atoms with E-state index in [9.17, 15) is 0 Å². The van der Waals surface area contributed by atoms with Gasteiger partial charge in [-0.1, -0.05) is 18.2 Å². The van der Waals surface area contributed by atoms with E-state index in [-0.39, 0.29) is 0 Å². The first-order valence-corrected chi connectivity index (χ1v) is 6.89. The zero-order chi connectivity index (χ0) is 11.9. The Morgan fingerprint density at radius 2 is 2.12 bits per heavy atom. The SMILES string of the molecule is C#CCCCCNCc1csc2ccccc12. The van der Waals surface area contributed by atoms with Crippen LogP contribution in [0.15, 0.2) is 29.6 Å². The van der Waals surface area contributed by atoms with Crippen LogP contribution in [0.1, 0.15) is 24.8 Å². The average molecular weight is 243 g/mol. The number of fused-ring (bicyclic) bond motifs is 1. The third-order valence-corrected chi connectivity index (χ3v) is 3.81. The van der Waals surface area contributed by atoms with E-state index in [0.717, 1.165) is 32.4 Å². The fourth-order valence-corrected chi connectivity index (χ4v) is 2.83. The molecule has 0 fully saturated rings. The van der Waals surface area contributed by atoms with Crippen molar-refractivity contribution in [1.29, 1.82) is 0 Å². The van der Waals surface area contributed by atoms with E-state index >= 15 is 0 Å². The molecule has 88 valence electrons. The number of hydrogen-bond acceptors (Lipinski definition) is 2. The maximum Gasteiger partial charge on any atom is 0.0346 e. The molecule has 1 nitrogen and oxygen atoms in total. The second kappa shape index (κ2) is 6.44. The van der Waals surface area contributed by atoms with Crippen molar-refractivity contribution in [2.24, 2.45) is 0 Å². The minimum Gasteiger partial charge on any atom is -0.313 e. The van der Waals surface area contributed by atoms with Crippen LogP contribution in [0.3, 0.4) is 0 Å². The van der Waals surface area contributed by atoms with Gasteiger partial charge in [-0.05, 0) is 41.8 Å². The van der Waals surface area contributed by atoms with Gasteiger partial charge in [-0.2, -0.15) is 0 Å². The molecule has 0 unspecified atom stereocenters. The van der Waals surface area contributed by atoms with Crippen molar-refractivity contribution >= 4 is 21.4 Å². The van der Waals surface area contributed by atoms with Crippen LogP contribution < -0.4 is 5.32 Å². The van der Waals surface area contributed by atoms with Crippen molar-refractivity contribution in [3.05, 3.63) is 35.2 Å². The van der Waals surface area contributed by atoms with Crippen molar-refractivity contribution in [3.8, 4) is 12.3 Å². The molecule has 17 heavy (non-hydrogen) atoms. The van der Waals surface area contributed by atoms with E-state index in [0.29, 0.717) is 0 Å². The van der Waals surface area contributed by atoms with E-state index in [1.54, 1.807) is 0 Å². The van der Waals surface area contributed by atoms with Crippen LogP contribution in [0, 0.1) is 12.3 Å². The Kier molecular flexibility index (Phi) is 4.61. The van der Waals surface area contributed by atoms with E-state index in [1.807, 2.05) is 11.3 Å². The van der Waals surface area contributed by atoms with Crippen molar-refractivity contribution in [2.75, 3.05) is 6.54 Å². The Balaban J connectivity index is 1.81. The van der Waals surface area contributed by atoms with Gasteiger partial charge in [-0.25, -0.2) is 0 Å². The van der Waals surface area contributed by atoms with E-state index in [2.05, 4.69) is 40.9 Å². The van der Waals surface area contributed by atoms with E-state index in [1.165, 1.54) is 15.6 Å². The molecular formula is C15H17NS. The monoisotopic (exact) mass is 243 g/mol. The summed E-state index contributed by atoms with van der Waals surface area (Å²) < 4.78 is 1.37. The van der Waals surface area contributed by atoms with Crippen molar-refractivity contribution in [1.82, 2.24) is 5.32 Å². The van der Waals surface area contributed by atoms with Gasteiger partial charge in [0.1, 0.15) is 0 Å². The molecule has 0 saturated heterocycles. The molecule has 0 bridgehead atoms. The molecule has 0 spiro atoms. The van der Waals surface area contributed by atoms with Gasteiger partial charge >= 0.3 is 0 Å². The maximum absolute atomic E-state index is 5.21. The van der Waals surface area contributed by atoms with Gasteiger partial charge in [0.2, 0.25) is 0 Å². The summed E-state index contributed by atoms with van der Waals surface area (Å²) in [5.74, 6) is 2.67. The molecule has 0 amide bonds. The van der Waals surface area contributed by atoms with Gasteiger partial charge in [0.15, 0.2) is 0 Å². The first-order chi connectivity index (χ1) is 8.42. The van der Waals surface area contributed by atoms with Crippen LogP contribution >= 0.6 is 11.3 Å². The van der Waals surface area contributed by atoms with Crippen LogP contribution in [-0.4, -0.2) is 6.54 Å². The van der Waals surface area contributed by atoms with Crippen LogP contribution in [-0.2, 0) is 6.54 Å². The number of unbranched alkanes of at least 4 members (excludes halogenated alkanes) is 2. The molecule has 1 heterocycles. The summed E-state index contributed by atoms with van der Waals surface area (Å²) in [7, 11) is 0. The number of thiophene rings is 1. The molecule has 2 heteroatoms. The summed E-state index contributed by atoms with van der Waals surface area (Å²) in [6, 6.07) is 8.57. The van der Waals surface area contributed by atoms with Crippen LogP contribution in [0.2, 0.25) is 0 Å². The van der Waals surface area contributed by atoms with E-state index in [4.69, 9.17) is 6.42 Å². The molecule has 0 aliphatic carbocycles. The minimum atomic E-state index is 0.892. The number of benzene rings is 1. The summed E-state index contributed by atoms with van der Waals surface area (Å²) in [5.41, 5.74) is 1.41. The van der Waals surface area contributed by atoms with Gasteiger partial charge in [0.25, 0.3) is 0 Å². The van der Waals surface area contributed by atoms with Gasteiger partial charge in [0.05, 0.1) is 0 Å². The standard InChI is InChI=1S/C15H17NS/c1-2-3-4-7-10-16-11-13-12-17-15-9-6-5-8-14(13)15/h1,5-6,8-9,12,16H,3-4,7,10-11H2. The Hall–Kier alpha value is -1.30. The maximum atomic E-state index is 5.21. The zero-order valence-electron chi connectivity index (χ0n) is 9.91. The summed E-state index contributed by atoms with van der Waals surface area (Å²) in [5, 5.41) is 7.11. The van der Waals surface area contributed by atoms with Crippen molar-refractivity contribution < 1.29 is 0 Å². The summed E-state index contributed by atoms with van der Waals surface area (Å²) in [6.07, 6.45) is 8.38. The highest BCUT2D eigenvalue weighted by Gasteiger charge is 2.01. The van der Waals surface area contributed by atoms with Crippen LogP contribution in [0.5, 0.6) is 0 Å². The summed E-state index contributed by atoms with van der Waals surface area (Å²) in [6.45, 7) is 2.01. The van der Waals surface area contributed by atoms with Crippen LogP contribution in [0.25, 0.3) is 10.1 Å². The second-order valence-corrected chi connectivity index (χ2v) is 5.01. The molecule has 0 radical (unpaired) electrons. The first-order valence-electron chi connectivity index (χ1n) is 6.01. The zero-order valence-corrected chi connectivity index (χ0v) is 10.7. The molecule has 2 aromatic rings. The lowest BCUT2D eigenvalue weighted by molar-refractivity contribution is 0.632. The second-order valence-electron chi connectivity index (χ2n) is 4.10. The molecule has 0 saturated carbocycles. The smallest absolute Gasteiger partial charge is 0.0346 e. The molecular weight excluding hydrogens is 226 g/mol. The largest absolute Gasteiger partial charge is 0.313 e. The van der Waals surface area contributed by atoms with Gasteiger partial charge in [-0.15, -0.1) is 23.7 Å². The lowest BCUT2D eigenvalue weighted by atomic mass is 10.2. The predicted octanol–water partition coefficient (Wildman–Crippen LogP) is 3.79. The molecule has 1 aromatic heterocycles. The van der Waals surface area contributed by atoms with Gasteiger partial charge in [0, 0.05) is 17.7 Å². The highest BCUT2D eigenvalue weighted by Crippen LogP contribution is 2.25. The average Bonchev–Trinajstić information content (AvgIpc) is 2.77. The highest BCUT2D eigenvalue weighted by atomic mass is 32.1. The molecule has 1 N–H and O–H groups in total. The third-order valence-electron chi connectivity index (χ3n) is 2.80. The van der Waals surface area contributed by atoms with Crippen LogP contribution in [0.4, 0.5) is 0 Å². The molecule has 2 rings (SSSR count). The first kappa shape index (κ1) is 12.2. The van der Waals surface area contributed by atoms with E-state index < -0.39 is 0 Å². The Morgan fingerprint density at radius 3 is 3.00 bits per heavy atom. The molecule has 0 aliphatic heterocycles. The fraction of sp³-hybridized carbons (Fsp3) is 0.333. The Labute approximate surface area is 107 Å². The normalized spacial score (nSPS) is 10.5. The summed E-state index contributed by atoms with van der Waals surface area (Å²) >= 11 is 1.82. The highest BCUT2D eigenvalue weighted by molar-refractivity contribution is 7.17. The number of terminal acetylenes is 1. The molecule has 0 atom stereocenters. The predicted molar refractivity (Wildman–Crippen MR) is 76.2 cm³/mol. The Bertz CT molecular complexity index is 507. The number of rotatable bonds is 6. The minimum absolute atomic E-state index is 0.892.